The van der Waals surface area contributed by atoms with Gasteiger partial charge >= 0.3 is 0 Å². The minimum Gasteiger partial charge on any atom is -0.370 e. The Balaban J connectivity index is 1.93. The highest BCUT2D eigenvalue weighted by molar-refractivity contribution is 6.04. The molecule has 0 spiro atoms. The lowest BCUT2D eigenvalue weighted by atomic mass is 10.2. The Morgan fingerprint density at radius 1 is 1.25 bits per heavy atom. The van der Waals surface area contributed by atoms with Crippen molar-refractivity contribution in [1.29, 1.82) is 5.26 Å². The predicted octanol–water partition coefficient (Wildman–Crippen LogP) is 2.57. The molecular formula is C18H21N5O. The van der Waals surface area contributed by atoms with Gasteiger partial charge in [0, 0.05) is 12.7 Å². The number of nitrogens with zero attached hydrogens (tertiary/aromatic N) is 3. The zero-order chi connectivity index (χ0) is 17.4. The molecule has 1 amide bonds. The third-order valence-electron chi connectivity index (χ3n) is 3.41. The number of para-hydroxylation sites is 1. The molecule has 0 aliphatic carbocycles. The van der Waals surface area contributed by atoms with E-state index >= 15 is 0 Å². The molecule has 1 aromatic carbocycles. The molecule has 2 aromatic rings. The second kappa shape index (κ2) is 8.65. The molecule has 24 heavy (non-hydrogen) atoms. The molecule has 0 saturated carbocycles. The number of anilines is 2. The van der Waals surface area contributed by atoms with Gasteiger partial charge in [0.25, 0.3) is 5.91 Å². The minimum atomic E-state index is -0.288. The number of carbonyl (C=O) groups is 1. The van der Waals surface area contributed by atoms with Crippen LogP contribution in [-0.4, -0.2) is 43.0 Å². The molecule has 0 aliphatic rings. The fourth-order valence-electron chi connectivity index (χ4n) is 2.13. The first-order chi connectivity index (χ1) is 11.6. The second-order valence-corrected chi connectivity index (χ2v) is 5.63. The summed E-state index contributed by atoms with van der Waals surface area (Å²) in [5.74, 6) is 0.451. The average Bonchev–Trinajstić information content (AvgIpc) is 2.59. The molecule has 0 radical (unpaired) electrons. The highest BCUT2D eigenvalue weighted by Gasteiger charge is 2.09. The van der Waals surface area contributed by atoms with E-state index in [0.29, 0.717) is 16.8 Å². The van der Waals surface area contributed by atoms with Crippen molar-refractivity contribution in [2.45, 2.75) is 6.42 Å². The number of nitrogens with one attached hydrogen (secondary N) is 2. The number of hydrogen-bond donors (Lipinski definition) is 2. The Kier molecular flexibility index (Phi) is 6.29. The van der Waals surface area contributed by atoms with E-state index < -0.39 is 0 Å². The number of nitriles is 1. The highest BCUT2D eigenvalue weighted by Crippen LogP contribution is 2.15. The summed E-state index contributed by atoms with van der Waals surface area (Å²) in [5.41, 5.74) is 1.37. The van der Waals surface area contributed by atoms with Crippen LogP contribution < -0.4 is 10.6 Å². The first-order valence-corrected chi connectivity index (χ1v) is 7.75. The fourth-order valence-corrected chi connectivity index (χ4v) is 2.13. The van der Waals surface area contributed by atoms with Crippen LogP contribution in [0.1, 0.15) is 22.3 Å². The van der Waals surface area contributed by atoms with Gasteiger partial charge in [-0.05, 0) is 51.3 Å². The number of hydrogen-bond acceptors (Lipinski definition) is 5. The SMILES string of the molecule is CN(C)CCCNc1ccc(C(=O)Nc2ccccc2C#N)cn1. The van der Waals surface area contributed by atoms with Gasteiger partial charge in [-0.2, -0.15) is 5.26 Å². The van der Waals surface area contributed by atoms with E-state index in [-0.39, 0.29) is 5.91 Å². The van der Waals surface area contributed by atoms with Crippen LogP contribution in [-0.2, 0) is 0 Å². The van der Waals surface area contributed by atoms with Crippen molar-refractivity contribution >= 4 is 17.4 Å². The summed E-state index contributed by atoms with van der Waals surface area (Å²) in [4.78, 5) is 18.6. The van der Waals surface area contributed by atoms with Gasteiger partial charge in [-0.15, -0.1) is 0 Å². The third kappa shape index (κ3) is 5.07. The summed E-state index contributed by atoms with van der Waals surface area (Å²) in [6.45, 7) is 1.83. The number of pyridine rings is 1. The maximum absolute atomic E-state index is 12.2. The van der Waals surface area contributed by atoms with E-state index in [9.17, 15) is 4.79 Å². The van der Waals surface area contributed by atoms with Crippen LogP contribution in [0, 0.1) is 11.3 Å². The molecule has 2 rings (SSSR count). The normalized spacial score (nSPS) is 10.2. The van der Waals surface area contributed by atoms with Crippen molar-refractivity contribution in [1.82, 2.24) is 9.88 Å². The molecule has 0 fully saturated rings. The highest BCUT2D eigenvalue weighted by atomic mass is 16.1. The van der Waals surface area contributed by atoms with Gasteiger partial charge in [0.15, 0.2) is 0 Å². The molecule has 1 aromatic heterocycles. The second-order valence-electron chi connectivity index (χ2n) is 5.63. The zero-order valence-electron chi connectivity index (χ0n) is 13.9. The monoisotopic (exact) mass is 323 g/mol. The van der Waals surface area contributed by atoms with Crippen molar-refractivity contribution in [3.63, 3.8) is 0 Å². The van der Waals surface area contributed by atoms with E-state index in [2.05, 4.69) is 26.6 Å². The third-order valence-corrected chi connectivity index (χ3v) is 3.41. The van der Waals surface area contributed by atoms with Crippen molar-refractivity contribution in [2.75, 3.05) is 37.8 Å². The smallest absolute Gasteiger partial charge is 0.257 e. The van der Waals surface area contributed by atoms with Gasteiger partial charge < -0.3 is 15.5 Å². The summed E-state index contributed by atoms with van der Waals surface area (Å²) < 4.78 is 0. The van der Waals surface area contributed by atoms with Crippen LogP contribution in [0.4, 0.5) is 11.5 Å². The topological polar surface area (TPSA) is 81.0 Å². The number of carbonyl (C=O) groups excluding carboxylic acids is 1. The first-order valence-electron chi connectivity index (χ1n) is 7.75. The number of rotatable bonds is 7. The van der Waals surface area contributed by atoms with Gasteiger partial charge in [-0.3, -0.25) is 4.79 Å². The summed E-state index contributed by atoms with van der Waals surface area (Å²) >= 11 is 0. The first kappa shape index (κ1) is 17.4. The Morgan fingerprint density at radius 3 is 2.71 bits per heavy atom. The van der Waals surface area contributed by atoms with Crippen molar-refractivity contribution in [3.8, 4) is 6.07 Å². The molecule has 6 heteroatoms. The molecule has 124 valence electrons. The minimum absolute atomic E-state index is 0.288. The summed E-state index contributed by atoms with van der Waals surface area (Å²) in [6.07, 6.45) is 2.54. The Bertz CT molecular complexity index is 719. The summed E-state index contributed by atoms with van der Waals surface area (Å²) in [6, 6.07) is 12.4. The quantitative estimate of drug-likeness (QED) is 0.765. The van der Waals surface area contributed by atoms with Crippen LogP contribution in [0.2, 0.25) is 0 Å². The lowest BCUT2D eigenvalue weighted by molar-refractivity contribution is 0.102. The van der Waals surface area contributed by atoms with Crippen molar-refractivity contribution in [2.24, 2.45) is 0 Å². The van der Waals surface area contributed by atoms with Gasteiger partial charge in [0.05, 0.1) is 16.8 Å². The number of amides is 1. The Morgan fingerprint density at radius 2 is 2.04 bits per heavy atom. The van der Waals surface area contributed by atoms with E-state index in [4.69, 9.17) is 5.26 Å². The molecule has 0 bridgehead atoms. The predicted molar refractivity (Wildman–Crippen MR) is 95.0 cm³/mol. The number of aromatic nitrogens is 1. The molecule has 0 unspecified atom stereocenters. The molecule has 0 aliphatic heterocycles. The zero-order valence-corrected chi connectivity index (χ0v) is 13.9. The summed E-state index contributed by atoms with van der Waals surface area (Å²) in [7, 11) is 4.08. The molecule has 1 heterocycles. The molecule has 0 atom stereocenters. The maximum atomic E-state index is 12.2. The Hall–Kier alpha value is -2.91. The summed E-state index contributed by atoms with van der Waals surface area (Å²) in [5, 5.41) is 15.0. The lowest BCUT2D eigenvalue weighted by Crippen LogP contribution is -2.17. The molecular weight excluding hydrogens is 302 g/mol. The van der Waals surface area contributed by atoms with Crippen LogP contribution >= 0.6 is 0 Å². The Labute approximate surface area is 142 Å². The van der Waals surface area contributed by atoms with Gasteiger partial charge in [-0.25, -0.2) is 4.98 Å². The van der Waals surface area contributed by atoms with E-state index in [1.165, 1.54) is 6.20 Å². The van der Waals surface area contributed by atoms with E-state index in [1.807, 2.05) is 14.1 Å². The van der Waals surface area contributed by atoms with Crippen molar-refractivity contribution in [3.05, 3.63) is 53.7 Å². The van der Waals surface area contributed by atoms with E-state index in [1.54, 1.807) is 36.4 Å². The lowest BCUT2D eigenvalue weighted by Gasteiger charge is -2.10. The standard InChI is InChI=1S/C18H21N5O/c1-23(2)11-5-10-20-17-9-8-15(13-21-17)18(24)22-16-7-4-3-6-14(16)12-19/h3-4,6-9,13H,5,10-11H2,1-2H3,(H,20,21)(H,22,24). The van der Waals surface area contributed by atoms with Crippen LogP contribution in [0.25, 0.3) is 0 Å². The number of benzene rings is 1. The van der Waals surface area contributed by atoms with Crippen LogP contribution in [0.3, 0.4) is 0 Å². The largest absolute Gasteiger partial charge is 0.370 e. The van der Waals surface area contributed by atoms with Gasteiger partial charge in [0.2, 0.25) is 0 Å². The average molecular weight is 323 g/mol. The van der Waals surface area contributed by atoms with Crippen LogP contribution in [0.15, 0.2) is 42.6 Å². The van der Waals surface area contributed by atoms with E-state index in [0.717, 1.165) is 25.3 Å². The molecule has 2 N–H and O–H groups in total. The van der Waals surface area contributed by atoms with Crippen LogP contribution in [0.5, 0.6) is 0 Å². The fraction of sp³-hybridized carbons (Fsp3) is 0.278. The maximum Gasteiger partial charge on any atom is 0.257 e. The van der Waals surface area contributed by atoms with Gasteiger partial charge in [0.1, 0.15) is 11.9 Å². The molecule has 6 nitrogen and oxygen atoms in total. The van der Waals surface area contributed by atoms with Crippen molar-refractivity contribution < 1.29 is 4.79 Å². The molecule has 0 saturated heterocycles. The van der Waals surface area contributed by atoms with Gasteiger partial charge in [-0.1, -0.05) is 12.1 Å².